The average Bonchev–Trinajstić information content (AvgIpc) is 2.65. The van der Waals surface area contributed by atoms with Crippen LogP contribution in [0.2, 0.25) is 5.02 Å². The summed E-state index contributed by atoms with van der Waals surface area (Å²) < 4.78 is 5.37. The molecule has 0 saturated carbocycles. The number of nitrogens with zero attached hydrogens (tertiary/aromatic N) is 3. The highest BCUT2D eigenvalue weighted by atomic mass is 35.5. The van der Waals surface area contributed by atoms with Crippen molar-refractivity contribution >= 4 is 29.0 Å². The van der Waals surface area contributed by atoms with E-state index >= 15 is 0 Å². The predicted molar refractivity (Wildman–Crippen MR) is 104 cm³/mol. The normalized spacial score (nSPS) is 14.9. The van der Waals surface area contributed by atoms with Crippen molar-refractivity contribution in [3.8, 4) is 0 Å². The fraction of sp³-hybridized carbons (Fsp3) is 0.368. The maximum atomic E-state index is 12.6. The number of hydrogen-bond acceptors (Lipinski definition) is 5. The molecule has 6 nitrogen and oxygen atoms in total. The first-order chi connectivity index (χ1) is 12.5. The summed E-state index contributed by atoms with van der Waals surface area (Å²) in [5, 5.41) is 3.55. The monoisotopic (exact) mass is 374 g/mol. The Hall–Kier alpha value is -2.15. The van der Waals surface area contributed by atoms with Gasteiger partial charge in [0.2, 0.25) is 0 Å². The Balaban J connectivity index is 1.70. The predicted octanol–water partition coefficient (Wildman–Crippen LogP) is 2.89. The number of pyridine rings is 1. The first-order valence-corrected chi connectivity index (χ1v) is 8.94. The lowest BCUT2D eigenvalue weighted by molar-refractivity contribution is 0.0342. The minimum absolute atomic E-state index is 0.209. The summed E-state index contributed by atoms with van der Waals surface area (Å²) in [5.74, 6) is 0.416. The summed E-state index contributed by atoms with van der Waals surface area (Å²) in [6.07, 6.45) is 1.67. The molecule has 0 radical (unpaired) electrons. The molecule has 1 fully saturated rings. The summed E-state index contributed by atoms with van der Waals surface area (Å²) in [6, 6.07) is 9.14. The third-order valence-electron chi connectivity index (χ3n) is 4.26. The van der Waals surface area contributed by atoms with Crippen LogP contribution in [0.25, 0.3) is 0 Å². The maximum Gasteiger partial charge on any atom is 0.259 e. The van der Waals surface area contributed by atoms with E-state index in [2.05, 4.69) is 15.2 Å². The molecule has 1 aliphatic heterocycles. The van der Waals surface area contributed by atoms with Crippen LogP contribution < -0.4 is 10.2 Å². The molecular formula is C19H23ClN4O2. The number of amides is 1. The van der Waals surface area contributed by atoms with E-state index in [9.17, 15) is 4.79 Å². The van der Waals surface area contributed by atoms with E-state index in [1.165, 1.54) is 0 Å². The van der Waals surface area contributed by atoms with Gasteiger partial charge in [0.05, 0.1) is 18.8 Å². The molecule has 138 valence electrons. The Morgan fingerprint density at radius 2 is 2.08 bits per heavy atom. The Morgan fingerprint density at radius 3 is 2.77 bits per heavy atom. The quantitative estimate of drug-likeness (QED) is 0.872. The van der Waals surface area contributed by atoms with Crippen molar-refractivity contribution in [3.05, 3.63) is 52.7 Å². The molecule has 1 aliphatic rings. The van der Waals surface area contributed by atoms with Gasteiger partial charge in [-0.2, -0.15) is 0 Å². The van der Waals surface area contributed by atoms with Gasteiger partial charge in [-0.05, 0) is 29.8 Å². The van der Waals surface area contributed by atoms with Crippen molar-refractivity contribution in [1.82, 2.24) is 9.88 Å². The molecule has 1 amide bonds. The Kier molecular flexibility index (Phi) is 6.08. The molecule has 1 N–H and O–H groups in total. The minimum atomic E-state index is -0.209. The number of carbonyl (C=O) groups is 1. The van der Waals surface area contributed by atoms with Gasteiger partial charge in [0.25, 0.3) is 5.91 Å². The van der Waals surface area contributed by atoms with Gasteiger partial charge in [0.15, 0.2) is 0 Å². The molecule has 2 heterocycles. The van der Waals surface area contributed by atoms with Crippen LogP contribution in [0.1, 0.15) is 15.9 Å². The minimum Gasteiger partial charge on any atom is -0.379 e. The van der Waals surface area contributed by atoms with Crippen LogP contribution in [-0.4, -0.2) is 56.2 Å². The van der Waals surface area contributed by atoms with Crippen LogP contribution in [0.15, 0.2) is 36.5 Å². The van der Waals surface area contributed by atoms with Gasteiger partial charge in [-0.3, -0.25) is 9.69 Å². The van der Waals surface area contributed by atoms with Crippen LogP contribution in [0, 0.1) is 0 Å². The Morgan fingerprint density at radius 1 is 1.31 bits per heavy atom. The number of aromatic nitrogens is 1. The summed E-state index contributed by atoms with van der Waals surface area (Å²) in [7, 11) is 3.72. The molecule has 0 atom stereocenters. The van der Waals surface area contributed by atoms with Gasteiger partial charge in [-0.25, -0.2) is 4.98 Å². The van der Waals surface area contributed by atoms with Gasteiger partial charge in [0, 0.05) is 50.6 Å². The lowest BCUT2D eigenvalue weighted by Crippen LogP contribution is -2.35. The van der Waals surface area contributed by atoms with Crippen LogP contribution in [0.4, 0.5) is 11.5 Å². The lowest BCUT2D eigenvalue weighted by atomic mass is 10.1. The van der Waals surface area contributed by atoms with E-state index in [1.54, 1.807) is 24.4 Å². The van der Waals surface area contributed by atoms with Crippen molar-refractivity contribution in [3.63, 3.8) is 0 Å². The molecule has 3 rings (SSSR count). The fourth-order valence-corrected chi connectivity index (χ4v) is 3.12. The number of carbonyl (C=O) groups excluding carboxylic acids is 1. The van der Waals surface area contributed by atoms with Gasteiger partial charge < -0.3 is 15.0 Å². The second-order valence-electron chi connectivity index (χ2n) is 6.42. The second-order valence-corrected chi connectivity index (χ2v) is 6.83. The lowest BCUT2D eigenvalue weighted by Gasteiger charge is -2.27. The maximum absolute atomic E-state index is 12.6. The molecule has 7 heteroatoms. The highest BCUT2D eigenvalue weighted by Gasteiger charge is 2.16. The summed E-state index contributed by atoms with van der Waals surface area (Å²) in [5.41, 5.74) is 2.23. The topological polar surface area (TPSA) is 57.7 Å². The first-order valence-electron chi connectivity index (χ1n) is 8.57. The van der Waals surface area contributed by atoms with E-state index in [-0.39, 0.29) is 5.91 Å². The molecule has 0 aliphatic carbocycles. The fourth-order valence-electron chi connectivity index (χ4n) is 2.88. The summed E-state index contributed by atoms with van der Waals surface area (Å²) >= 11 is 6.43. The first kappa shape index (κ1) is 18.6. The number of ether oxygens (including phenoxy) is 1. The molecule has 0 unspecified atom stereocenters. The smallest absolute Gasteiger partial charge is 0.259 e. The van der Waals surface area contributed by atoms with E-state index in [0.717, 1.165) is 38.4 Å². The highest BCUT2D eigenvalue weighted by Crippen LogP contribution is 2.24. The second kappa shape index (κ2) is 8.49. The van der Waals surface area contributed by atoms with Gasteiger partial charge in [0.1, 0.15) is 5.82 Å². The molecule has 1 aromatic carbocycles. The number of morpholine rings is 1. The van der Waals surface area contributed by atoms with E-state index in [4.69, 9.17) is 16.3 Å². The Labute approximate surface area is 158 Å². The van der Waals surface area contributed by atoms with Crippen molar-refractivity contribution in [1.29, 1.82) is 0 Å². The molecule has 26 heavy (non-hydrogen) atoms. The number of hydrogen-bond donors (Lipinski definition) is 1. The van der Waals surface area contributed by atoms with Crippen molar-refractivity contribution < 1.29 is 9.53 Å². The number of benzene rings is 1. The third-order valence-corrected chi connectivity index (χ3v) is 4.62. The Bertz CT molecular complexity index is 776. The van der Waals surface area contributed by atoms with Crippen molar-refractivity contribution in [2.24, 2.45) is 0 Å². The van der Waals surface area contributed by atoms with E-state index < -0.39 is 0 Å². The zero-order chi connectivity index (χ0) is 18.5. The molecule has 1 aromatic heterocycles. The van der Waals surface area contributed by atoms with Gasteiger partial charge in [-0.1, -0.05) is 17.7 Å². The molecule has 0 spiro atoms. The van der Waals surface area contributed by atoms with Gasteiger partial charge >= 0.3 is 0 Å². The third kappa shape index (κ3) is 4.52. The molecule has 2 aromatic rings. The SMILES string of the molecule is CN(C)c1ncccc1C(=O)Nc1ccc(CN2CCOCC2)c(Cl)c1. The van der Waals surface area contributed by atoms with Crippen molar-refractivity contribution in [2.45, 2.75) is 6.54 Å². The standard InChI is InChI=1S/C19H23ClN4O2/c1-23(2)18-16(4-3-7-21-18)19(25)22-15-6-5-14(17(20)12-15)13-24-8-10-26-11-9-24/h3-7,12H,8-11,13H2,1-2H3,(H,22,25). The number of rotatable bonds is 5. The summed E-state index contributed by atoms with van der Waals surface area (Å²) in [6.45, 7) is 4.10. The van der Waals surface area contributed by atoms with Crippen LogP contribution in [0.5, 0.6) is 0 Å². The number of anilines is 2. The largest absolute Gasteiger partial charge is 0.379 e. The highest BCUT2D eigenvalue weighted by molar-refractivity contribution is 6.31. The van der Waals surface area contributed by atoms with E-state index in [1.807, 2.05) is 31.1 Å². The molecule has 0 bridgehead atoms. The van der Waals surface area contributed by atoms with Crippen LogP contribution in [0.3, 0.4) is 0 Å². The van der Waals surface area contributed by atoms with E-state index in [0.29, 0.717) is 22.1 Å². The zero-order valence-electron chi connectivity index (χ0n) is 15.0. The summed E-state index contributed by atoms with van der Waals surface area (Å²) in [4.78, 5) is 21.0. The number of halogens is 1. The van der Waals surface area contributed by atoms with Crippen LogP contribution in [-0.2, 0) is 11.3 Å². The van der Waals surface area contributed by atoms with Gasteiger partial charge in [-0.15, -0.1) is 0 Å². The zero-order valence-corrected chi connectivity index (χ0v) is 15.8. The average molecular weight is 375 g/mol. The molecular weight excluding hydrogens is 352 g/mol. The number of nitrogens with one attached hydrogen (secondary N) is 1. The van der Waals surface area contributed by atoms with Crippen molar-refractivity contribution in [2.75, 3.05) is 50.6 Å². The molecule has 1 saturated heterocycles. The van der Waals surface area contributed by atoms with Crippen LogP contribution >= 0.6 is 11.6 Å².